The molecule has 1 heterocycles. The van der Waals surface area contributed by atoms with Crippen LogP contribution in [0.2, 0.25) is 5.28 Å². The summed E-state index contributed by atoms with van der Waals surface area (Å²) < 4.78 is 0. The molecule has 0 aliphatic carbocycles. The van der Waals surface area contributed by atoms with E-state index >= 15 is 0 Å². The summed E-state index contributed by atoms with van der Waals surface area (Å²) in [7, 11) is 0. The van der Waals surface area contributed by atoms with Crippen molar-refractivity contribution in [1.29, 1.82) is 0 Å². The number of aromatic nitrogens is 3. The number of halogens is 1. The molecule has 1 aromatic rings. The van der Waals surface area contributed by atoms with Gasteiger partial charge in [0.2, 0.25) is 17.2 Å². The van der Waals surface area contributed by atoms with E-state index in [1.54, 1.807) is 0 Å². The summed E-state index contributed by atoms with van der Waals surface area (Å²) in [5.74, 6) is 1.02. The lowest BCUT2D eigenvalue weighted by atomic mass is 10.3. The predicted molar refractivity (Wildman–Crippen MR) is 62.4 cm³/mol. The highest BCUT2D eigenvalue weighted by atomic mass is 35.5. The van der Waals surface area contributed by atoms with E-state index in [0.717, 1.165) is 13.0 Å². The highest BCUT2D eigenvalue weighted by molar-refractivity contribution is 6.28. The fourth-order valence-electron chi connectivity index (χ4n) is 0.974. The third-order valence-corrected chi connectivity index (χ3v) is 2.10. The molecule has 0 bridgehead atoms. The van der Waals surface area contributed by atoms with Crippen molar-refractivity contribution in [1.82, 2.24) is 15.0 Å². The zero-order valence-electron chi connectivity index (χ0n) is 9.21. The summed E-state index contributed by atoms with van der Waals surface area (Å²) in [6, 6.07) is 0.318. The van der Waals surface area contributed by atoms with Gasteiger partial charge in [0.15, 0.2) is 0 Å². The number of hydrogen-bond acceptors (Lipinski definition) is 5. The predicted octanol–water partition coefficient (Wildman–Crippen LogP) is 2.17. The normalized spacial score (nSPS) is 12.3. The third-order valence-electron chi connectivity index (χ3n) is 1.93. The monoisotopic (exact) mass is 229 g/mol. The molecule has 0 aliphatic heterocycles. The highest BCUT2D eigenvalue weighted by Gasteiger charge is 2.06. The fourth-order valence-corrected chi connectivity index (χ4v) is 1.13. The third kappa shape index (κ3) is 3.87. The minimum Gasteiger partial charge on any atom is -0.354 e. The van der Waals surface area contributed by atoms with Crippen LogP contribution >= 0.6 is 11.6 Å². The molecule has 1 atom stereocenters. The van der Waals surface area contributed by atoms with Crippen molar-refractivity contribution in [2.45, 2.75) is 33.2 Å². The van der Waals surface area contributed by atoms with Crippen LogP contribution in [0.15, 0.2) is 0 Å². The number of hydrogen-bond donors (Lipinski definition) is 2. The molecule has 0 aliphatic rings. The Labute approximate surface area is 94.7 Å². The van der Waals surface area contributed by atoms with Crippen molar-refractivity contribution in [2.24, 2.45) is 0 Å². The van der Waals surface area contributed by atoms with E-state index in [9.17, 15) is 0 Å². The Bertz CT molecular complexity index is 317. The van der Waals surface area contributed by atoms with Crippen molar-refractivity contribution < 1.29 is 0 Å². The molecule has 6 heteroatoms. The second-order valence-electron chi connectivity index (χ2n) is 3.24. The van der Waals surface area contributed by atoms with E-state index in [-0.39, 0.29) is 5.28 Å². The Morgan fingerprint density at radius 2 is 1.87 bits per heavy atom. The first-order valence-corrected chi connectivity index (χ1v) is 5.45. The molecule has 0 amide bonds. The van der Waals surface area contributed by atoms with Crippen LogP contribution in [0.3, 0.4) is 0 Å². The Morgan fingerprint density at radius 3 is 2.47 bits per heavy atom. The van der Waals surface area contributed by atoms with Gasteiger partial charge in [0.05, 0.1) is 0 Å². The number of nitrogens with zero attached hydrogens (tertiary/aromatic N) is 3. The molecular formula is C9H16ClN5. The first-order valence-electron chi connectivity index (χ1n) is 5.07. The summed E-state index contributed by atoms with van der Waals surface area (Å²) in [5.41, 5.74) is 0. The maximum Gasteiger partial charge on any atom is 0.229 e. The molecule has 0 radical (unpaired) electrons. The van der Waals surface area contributed by atoms with Gasteiger partial charge in [-0.15, -0.1) is 0 Å². The van der Waals surface area contributed by atoms with Gasteiger partial charge in [-0.25, -0.2) is 0 Å². The topological polar surface area (TPSA) is 62.7 Å². The maximum absolute atomic E-state index is 5.77. The molecule has 1 aromatic heterocycles. The van der Waals surface area contributed by atoms with E-state index < -0.39 is 0 Å². The molecule has 2 N–H and O–H groups in total. The van der Waals surface area contributed by atoms with Gasteiger partial charge in [0, 0.05) is 12.6 Å². The summed E-state index contributed by atoms with van der Waals surface area (Å²) in [6.45, 7) is 6.87. The van der Waals surface area contributed by atoms with Crippen LogP contribution in [0.25, 0.3) is 0 Å². The molecule has 5 nitrogen and oxygen atoms in total. The SMILES string of the molecule is CCNc1nc(Cl)nc(NC(C)CC)n1. The van der Waals surface area contributed by atoms with Crippen LogP contribution < -0.4 is 10.6 Å². The first kappa shape index (κ1) is 12.0. The molecule has 0 aromatic carbocycles. The van der Waals surface area contributed by atoms with Crippen LogP contribution in [-0.2, 0) is 0 Å². The van der Waals surface area contributed by atoms with Crippen LogP contribution in [0.1, 0.15) is 27.2 Å². The minimum absolute atomic E-state index is 0.201. The average molecular weight is 230 g/mol. The summed E-state index contributed by atoms with van der Waals surface area (Å²) >= 11 is 5.77. The highest BCUT2D eigenvalue weighted by Crippen LogP contribution is 2.10. The Morgan fingerprint density at radius 1 is 1.20 bits per heavy atom. The van der Waals surface area contributed by atoms with Gasteiger partial charge in [0.25, 0.3) is 0 Å². The van der Waals surface area contributed by atoms with E-state index in [2.05, 4.69) is 39.4 Å². The molecule has 1 unspecified atom stereocenters. The maximum atomic E-state index is 5.77. The zero-order valence-corrected chi connectivity index (χ0v) is 9.97. The second-order valence-corrected chi connectivity index (χ2v) is 3.57. The number of rotatable bonds is 5. The van der Waals surface area contributed by atoms with Crippen LogP contribution in [0.5, 0.6) is 0 Å². The van der Waals surface area contributed by atoms with E-state index in [0.29, 0.717) is 17.9 Å². The van der Waals surface area contributed by atoms with Crippen molar-refractivity contribution in [3.8, 4) is 0 Å². The molecule has 0 fully saturated rings. The lowest BCUT2D eigenvalue weighted by molar-refractivity contribution is 0.751. The van der Waals surface area contributed by atoms with Crippen molar-refractivity contribution in [3.63, 3.8) is 0 Å². The molecule has 0 spiro atoms. The van der Waals surface area contributed by atoms with Gasteiger partial charge in [-0.05, 0) is 31.9 Å². The average Bonchev–Trinajstić information content (AvgIpc) is 2.17. The Hall–Kier alpha value is -1.10. The quantitative estimate of drug-likeness (QED) is 0.810. The molecular weight excluding hydrogens is 214 g/mol. The smallest absolute Gasteiger partial charge is 0.229 e. The van der Waals surface area contributed by atoms with E-state index in [1.807, 2.05) is 6.92 Å². The standard InChI is InChI=1S/C9H16ClN5/c1-4-6(3)12-9-14-7(10)13-8(15-9)11-5-2/h6H,4-5H2,1-3H3,(H2,11,12,13,14,15). The van der Waals surface area contributed by atoms with Gasteiger partial charge in [-0.1, -0.05) is 6.92 Å². The molecule has 0 saturated heterocycles. The molecule has 1 rings (SSSR count). The Balaban J connectivity index is 2.78. The van der Waals surface area contributed by atoms with Gasteiger partial charge < -0.3 is 10.6 Å². The largest absolute Gasteiger partial charge is 0.354 e. The van der Waals surface area contributed by atoms with Crippen molar-refractivity contribution in [3.05, 3.63) is 5.28 Å². The number of nitrogens with one attached hydrogen (secondary N) is 2. The lowest BCUT2D eigenvalue weighted by Crippen LogP contribution is -2.17. The molecule has 84 valence electrons. The summed E-state index contributed by atoms with van der Waals surface area (Å²) in [6.07, 6.45) is 1.000. The first-order chi connectivity index (χ1) is 7.15. The van der Waals surface area contributed by atoms with Gasteiger partial charge >= 0.3 is 0 Å². The van der Waals surface area contributed by atoms with Crippen molar-refractivity contribution >= 4 is 23.5 Å². The van der Waals surface area contributed by atoms with Gasteiger partial charge in [0.1, 0.15) is 0 Å². The van der Waals surface area contributed by atoms with Crippen LogP contribution in [-0.4, -0.2) is 27.5 Å². The summed E-state index contributed by atoms with van der Waals surface area (Å²) in [4.78, 5) is 12.1. The second kappa shape index (κ2) is 5.70. The summed E-state index contributed by atoms with van der Waals surface area (Å²) in [5, 5.41) is 6.34. The fraction of sp³-hybridized carbons (Fsp3) is 0.667. The molecule has 0 saturated carbocycles. The minimum atomic E-state index is 0.201. The van der Waals surface area contributed by atoms with Crippen LogP contribution in [0, 0.1) is 0 Å². The van der Waals surface area contributed by atoms with Gasteiger partial charge in [-0.3, -0.25) is 0 Å². The van der Waals surface area contributed by atoms with Crippen LogP contribution in [0.4, 0.5) is 11.9 Å². The zero-order chi connectivity index (χ0) is 11.3. The van der Waals surface area contributed by atoms with E-state index in [4.69, 9.17) is 11.6 Å². The Kier molecular flexibility index (Phi) is 4.55. The number of anilines is 2. The van der Waals surface area contributed by atoms with E-state index in [1.165, 1.54) is 0 Å². The molecule has 15 heavy (non-hydrogen) atoms. The lowest BCUT2D eigenvalue weighted by Gasteiger charge is -2.11. The van der Waals surface area contributed by atoms with Gasteiger partial charge in [-0.2, -0.15) is 15.0 Å². The van der Waals surface area contributed by atoms with Crippen molar-refractivity contribution in [2.75, 3.05) is 17.2 Å².